The maximum atomic E-state index is 4.19. The van der Waals surface area contributed by atoms with E-state index in [4.69, 9.17) is 0 Å². The van der Waals surface area contributed by atoms with Gasteiger partial charge in [0.05, 0.1) is 22.8 Å². The van der Waals surface area contributed by atoms with Crippen LogP contribution in [0, 0.1) is 0 Å². The van der Waals surface area contributed by atoms with E-state index in [0.717, 1.165) is 22.8 Å². The Labute approximate surface area is 172 Å². The van der Waals surface area contributed by atoms with Crippen molar-refractivity contribution in [2.24, 2.45) is 0 Å². The van der Waals surface area contributed by atoms with Crippen molar-refractivity contribution in [2.75, 3.05) is 0 Å². The first-order valence-corrected chi connectivity index (χ1v) is 7.58. The Kier molecular flexibility index (Phi) is 9.92. The number of halogens is 1. The summed E-state index contributed by atoms with van der Waals surface area (Å²) in [5, 5.41) is 0. The first-order valence-electron chi connectivity index (χ1n) is 7.58. The van der Waals surface area contributed by atoms with Crippen LogP contribution in [0.15, 0.2) is 97.6 Å². The van der Waals surface area contributed by atoms with Crippen molar-refractivity contribution in [3.05, 3.63) is 97.6 Å². The number of pyridine rings is 4. The molecule has 26 heavy (non-hydrogen) atoms. The Morgan fingerprint density at radius 3 is 0.769 bits per heavy atom. The van der Waals surface area contributed by atoms with Gasteiger partial charge in [-0.2, -0.15) is 0 Å². The van der Waals surface area contributed by atoms with E-state index in [1.54, 1.807) is 24.8 Å². The SMILES string of the molecule is [Cl-].[Ru+2].c1ccc(-c2ccccn2)nc1.c1ccc(-c2ccccn2)nc1. The number of aromatic nitrogens is 4. The molecular formula is C20H16ClN4Ru+. The van der Waals surface area contributed by atoms with Gasteiger partial charge in [0.1, 0.15) is 0 Å². The van der Waals surface area contributed by atoms with Crippen molar-refractivity contribution in [1.29, 1.82) is 0 Å². The summed E-state index contributed by atoms with van der Waals surface area (Å²) < 4.78 is 0. The smallest absolute Gasteiger partial charge is 1.00 e. The fourth-order valence-corrected chi connectivity index (χ4v) is 2.06. The zero-order chi connectivity index (χ0) is 16.5. The van der Waals surface area contributed by atoms with E-state index < -0.39 is 0 Å². The van der Waals surface area contributed by atoms with Gasteiger partial charge < -0.3 is 12.4 Å². The Morgan fingerprint density at radius 2 is 0.615 bits per heavy atom. The molecule has 4 aromatic rings. The Hall–Kier alpha value is -2.49. The van der Waals surface area contributed by atoms with Crippen LogP contribution in [-0.2, 0) is 19.5 Å². The van der Waals surface area contributed by atoms with Gasteiger partial charge in [0.25, 0.3) is 0 Å². The molecule has 0 aliphatic carbocycles. The molecule has 4 heterocycles. The quantitative estimate of drug-likeness (QED) is 0.434. The zero-order valence-corrected chi connectivity index (χ0v) is 16.3. The van der Waals surface area contributed by atoms with Gasteiger partial charge in [0.2, 0.25) is 0 Å². The predicted octanol–water partition coefficient (Wildman–Crippen LogP) is 1.29. The topological polar surface area (TPSA) is 51.6 Å². The van der Waals surface area contributed by atoms with Crippen molar-refractivity contribution in [2.45, 2.75) is 0 Å². The molecule has 4 nitrogen and oxygen atoms in total. The summed E-state index contributed by atoms with van der Waals surface area (Å²) in [6, 6.07) is 23.2. The molecule has 0 aromatic carbocycles. The second-order valence-electron chi connectivity index (χ2n) is 4.86. The average molecular weight is 449 g/mol. The van der Waals surface area contributed by atoms with Gasteiger partial charge in [-0.3, -0.25) is 19.9 Å². The van der Waals surface area contributed by atoms with Crippen LogP contribution in [0.3, 0.4) is 0 Å². The molecule has 0 aliphatic heterocycles. The Bertz CT molecular complexity index is 698. The van der Waals surface area contributed by atoms with Crippen molar-refractivity contribution >= 4 is 0 Å². The van der Waals surface area contributed by atoms with Crippen LogP contribution in [0.5, 0.6) is 0 Å². The molecule has 0 radical (unpaired) electrons. The van der Waals surface area contributed by atoms with Gasteiger partial charge in [0.15, 0.2) is 0 Å². The molecule has 0 N–H and O–H groups in total. The van der Waals surface area contributed by atoms with Crippen molar-refractivity contribution in [1.82, 2.24) is 19.9 Å². The summed E-state index contributed by atoms with van der Waals surface area (Å²) in [5.41, 5.74) is 3.66. The number of hydrogen-bond acceptors (Lipinski definition) is 4. The van der Waals surface area contributed by atoms with Gasteiger partial charge in [-0.1, -0.05) is 24.3 Å². The summed E-state index contributed by atoms with van der Waals surface area (Å²) >= 11 is 0. The molecule has 0 saturated carbocycles. The van der Waals surface area contributed by atoms with Crippen molar-refractivity contribution in [3.63, 3.8) is 0 Å². The van der Waals surface area contributed by atoms with Crippen LogP contribution in [-0.4, -0.2) is 19.9 Å². The predicted molar refractivity (Wildman–Crippen MR) is 94.9 cm³/mol. The van der Waals surface area contributed by atoms with Crippen LogP contribution in [0.2, 0.25) is 0 Å². The molecule has 0 saturated heterocycles. The van der Waals surface area contributed by atoms with Crippen LogP contribution >= 0.6 is 0 Å². The Morgan fingerprint density at radius 1 is 0.385 bits per heavy atom. The van der Waals surface area contributed by atoms with Crippen LogP contribution in [0.25, 0.3) is 22.8 Å². The number of nitrogens with zero attached hydrogens (tertiary/aromatic N) is 4. The van der Waals surface area contributed by atoms with E-state index in [0.29, 0.717) is 0 Å². The minimum absolute atomic E-state index is 0. The number of rotatable bonds is 2. The fraction of sp³-hybridized carbons (Fsp3) is 0. The van der Waals surface area contributed by atoms with Gasteiger partial charge in [-0.15, -0.1) is 0 Å². The van der Waals surface area contributed by atoms with Crippen LogP contribution in [0.4, 0.5) is 0 Å². The summed E-state index contributed by atoms with van der Waals surface area (Å²) in [5.74, 6) is 0. The molecule has 0 amide bonds. The molecule has 6 heteroatoms. The minimum atomic E-state index is 0. The molecule has 0 fully saturated rings. The molecule has 0 unspecified atom stereocenters. The summed E-state index contributed by atoms with van der Waals surface area (Å²) in [7, 11) is 0. The third-order valence-electron chi connectivity index (χ3n) is 3.18. The first kappa shape index (κ1) is 21.6. The second kappa shape index (κ2) is 12.0. The van der Waals surface area contributed by atoms with Gasteiger partial charge in [0, 0.05) is 24.8 Å². The number of hydrogen-bond donors (Lipinski definition) is 0. The van der Waals surface area contributed by atoms with E-state index in [2.05, 4.69) is 19.9 Å². The molecule has 4 rings (SSSR count). The molecule has 4 aromatic heterocycles. The second-order valence-corrected chi connectivity index (χ2v) is 4.86. The van der Waals surface area contributed by atoms with Crippen LogP contribution in [0.1, 0.15) is 0 Å². The summed E-state index contributed by atoms with van der Waals surface area (Å²) in [6.07, 6.45) is 7.07. The maximum Gasteiger partial charge on any atom is 2.00 e. The molecular weight excluding hydrogens is 433 g/mol. The zero-order valence-electron chi connectivity index (χ0n) is 13.8. The van der Waals surface area contributed by atoms with Gasteiger partial charge in [-0.05, 0) is 48.5 Å². The molecule has 0 spiro atoms. The fourth-order valence-electron chi connectivity index (χ4n) is 2.06. The molecule has 130 valence electrons. The van der Waals surface area contributed by atoms with E-state index in [1.165, 1.54) is 0 Å². The molecule has 0 atom stereocenters. The van der Waals surface area contributed by atoms with E-state index >= 15 is 0 Å². The normalized spacial score (nSPS) is 8.92. The van der Waals surface area contributed by atoms with Gasteiger partial charge >= 0.3 is 19.5 Å². The largest absolute Gasteiger partial charge is 2.00 e. The average Bonchev–Trinajstić information content (AvgIpc) is 2.71. The third-order valence-corrected chi connectivity index (χ3v) is 3.18. The third kappa shape index (κ3) is 6.43. The summed E-state index contributed by atoms with van der Waals surface area (Å²) in [6.45, 7) is 0. The van der Waals surface area contributed by atoms with Crippen molar-refractivity contribution < 1.29 is 31.9 Å². The first-order chi connectivity index (χ1) is 11.9. The van der Waals surface area contributed by atoms with E-state index in [-0.39, 0.29) is 31.9 Å². The monoisotopic (exact) mass is 449 g/mol. The van der Waals surface area contributed by atoms with Crippen molar-refractivity contribution in [3.8, 4) is 22.8 Å². The van der Waals surface area contributed by atoms with Gasteiger partial charge in [-0.25, -0.2) is 0 Å². The van der Waals surface area contributed by atoms with E-state index in [9.17, 15) is 0 Å². The summed E-state index contributed by atoms with van der Waals surface area (Å²) in [4.78, 5) is 16.7. The Balaban J connectivity index is 0.000000241. The standard InChI is InChI=1S/2C10H8N2.ClH.Ru/c2*1-3-7-11-9(5-1)10-6-2-4-8-12-10;;/h2*1-8H;1H;/q;;;+2/p-1. The van der Waals surface area contributed by atoms with E-state index in [1.807, 2.05) is 72.8 Å². The molecule has 0 aliphatic rings. The van der Waals surface area contributed by atoms with Crippen LogP contribution < -0.4 is 12.4 Å². The molecule has 0 bridgehead atoms. The minimum Gasteiger partial charge on any atom is -1.00 e. The maximum absolute atomic E-state index is 4.19.